The lowest BCUT2D eigenvalue weighted by atomic mass is 9.77. The van der Waals surface area contributed by atoms with Gasteiger partial charge in [-0.3, -0.25) is 9.59 Å². The maximum Gasteiger partial charge on any atom is 0.140 e. The van der Waals surface area contributed by atoms with Crippen LogP contribution in [0.25, 0.3) is 0 Å². The van der Waals surface area contributed by atoms with Crippen molar-refractivity contribution in [1.82, 2.24) is 0 Å². The van der Waals surface area contributed by atoms with Gasteiger partial charge in [0.15, 0.2) is 0 Å². The van der Waals surface area contributed by atoms with Gasteiger partial charge in [-0.05, 0) is 67.7 Å². The first-order valence-corrected chi connectivity index (χ1v) is 8.26. The minimum absolute atomic E-state index is 0.0806. The average Bonchev–Trinajstić information content (AvgIpc) is 2.36. The molecule has 1 aliphatic carbocycles. The molecule has 1 aromatic rings. The molecule has 108 valence electrons. The number of carbonyl (C=O) groups is 2. The largest absolute Gasteiger partial charge is 0.299 e. The van der Waals surface area contributed by atoms with Gasteiger partial charge in [0.25, 0.3) is 0 Å². The lowest BCUT2D eigenvalue weighted by Gasteiger charge is -2.27. The Morgan fingerprint density at radius 2 is 1.30 bits per heavy atom. The smallest absolute Gasteiger partial charge is 0.140 e. The molecule has 1 aromatic carbocycles. The van der Waals surface area contributed by atoms with Crippen molar-refractivity contribution in [3.8, 4) is 0 Å². The molecule has 0 unspecified atom stereocenters. The Bertz CT molecular complexity index is 542. The number of thioether (sulfide) groups is 1. The summed E-state index contributed by atoms with van der Waals surface area (Å²) in [4.78, 5) is 24.8. The van der Waals surface area contributed by atoms with Crippen LogP contribution in [-0.4, -0.2) is 17.8 Å². The number of rotatable bonds is 2. The molecule has 0 aliphatic heterocycles. The van der Waals surface area contributed by atoms with Crippen molar-refractivity contribution in [1.29, 1.82) is 0 Å². The zero-order valence-electron chi connectivity index (χ0n) is 12.9. The van der Waals surface area contributed by atoms with Gasteiger partial charge in [0.05, 0.1) is 6.42 Å². The van der Waals surface area contributed by atoms with E-state index < -0.39 is 0 Å². The van der Waals surface area contributed by atoms with Crippen molar-refractivity contribution < 1.29 is 9.59 Å². The van der Waals surface area contributed by atoms with E-state index in [1.54, 1.807) is 11.8 Å². The summed E-state index contributed by atoms with van der Waals surface area (Å²) in [6.45, 7) is 8.54. The molecule has 2 nitrogen and oxygen atoms in total. The lowest BCUT2D eigenvalue weighted by molar-refractivity contribution is -0.130. The van der Waals surface area contributed by atoms with E-state index in [9.17, 15) is 9.59 Å². The molecular formula is C17H22O2S. The van der Waals surface area contributed by atoms with E-state index in [2.05, 4.69) is 34.0 Å². The van der Waals surface area contributed by atoms with Gasteiger partial charge in [-0.1, -0.05) is 0 Å². The Balaban J connectivity index is 2.57. The van der Waals surface area contributed by atoms with Crippen LogP contribution < -0.4 is 0 Å². The molecule has 2 rings (SSSR count). The van der Waals surface area contributed by atoms with Gasteiger partial charge < -0.3 is 0 Å². The summed E-state index contributed by atoms with van der Waals surface area (Å²) in [5.74, 6) is 0.264. The fourth-order valence-corrected chi connectivity index (χ4v) is 4.33. The summed E-state index contributed by atoms with van der Waals surface area (Å²) in [6.07, 6.45) is 3.27. The van der Waals surface area contributed by atoms with Crippen LogP contribution in [0.4, 0.5) is 0 Å². The number of hydrogen-bond donors (Lipinski definition) is 0. The van der Waals surface area contributed by atoms with E-state index in [-0.39, 0.29) is 23.9 Å². The van der Waals surface area contributed by atoms with Crippen molar-refractivity contribution in [2.45, 2.75) is 57.8 Å². The number of benzene rings is 1. The Hall–Kier alpha value is -1.09. The van der Waals surface area contributed by atoms with Gasteiger partial charge in [0, 0.05) is 17.7 Å². The normalized spacial score (nSPS) is 16.9. The molecule has 3 heteroatoms. The van der Waals surface area contributed by atoms with E-state index in [1.807, 2.05) is 0 Å². The summed E-state index contributed by atoms with van der Waals surface area (Å²) < 4.78 is 0. The van der Waals surface area contributed by atoms with Crippen LogP contribution in [0.1, 0.15) is 53.0 Å². The predicted molar refractivity (Wildman–Crippen MR) is 83.8 cm³/mol. The summed E-state index contributed by atoms with van der Waals surface area (Å²) in [5, 5.41) is 0. The first kappa shape index (κ1) is 15.3. The monoisotopic (exact) mass is 290 g/mol. The third kappa shape index (κ3) is 2.56. The second-order valence-electron chi connectivity index (χ2n) is 5.81. The molecule has 20 heavy (non-hydrogen) atoms. The average molecular weight is 290 g/mol. The van der Waals surface area contributed by atoms with E-state index in [4.69, 9.17) is 0 Å². The Morgan fingerprint density at radius 3 is 1.70 bits per heavy atom. The number of carbonyl (C=O) groups excluding carboxylic acids is 2. The second kappa shape index (κ2) is 5.72. The van der Waals surface area contributed by atoms with Gasteiger partial charge >= 0.3 is 0 Å². The van der Waals surface area contributed by atoms with E-state index in [0.717, 1.165) is 0 Å². The topological polar surface area (TPSA) is 34.1 Å². The van der Waals surface area contributed by atoms with Crippen molar-refractivity contribution in [2.24, 2.45) is 0 Å². The molecule has 1 aliphatic rings. The maximum absolute atomic E-state index is 11.7. The molecule has 0 N–H and O–H groups in total. The Kier molecular flexibility index (Phi) is 4.38. The first-order valence-electron chi connectivity index (χ1n) is 7.04. The van der Waals surface area contributed by atoms with E-state index in [1.165, 1.54) is 32.7 Å². The van der Waals surface area contributed by atoms with Crippen molar-refractivity contribution in [3.05, 3.63) is 27.8 Å². The van der Waals surface area contributed by atoms with Crippen molar-refractivity contribution >= 4 is 23.3 Å². The fraction of sp³-hybridized carbons (Fsp3) is 0.529. The molecule has 0 bridgehead atoms. The summed E-state index contributed by atoms with van der Waals surface area (Å²) in [7, 11) is 0. The van der Waals surface area contributed by atoms with Crippen molar-refractivity contribution in [2.75, 3.05) is 6.26 Å². The summed E-state index contributed by atoms with van der Waals surface area (Å²) in [6, 6.07) is 0. The standard InChI is InChI=1S/C17H22O2S/c1-9-11(3)17(20-5)12(4)10(2)16(9)13-6-14(18)8-15(19)7-13/h13H,6-8H2,1-5H3. The van der Waals surface area contributed by atoms with E-state index in [0.29, 0.717) is 12.8 Å². The van der Waals surface area contributed by atoms with Crippen LogP contribution >= 0.6 is 11.8 Å². The van der Waals surface area contributed by atoms with Crippen LogP contribution in [0.15, 0.2) is 4.90 Å². The van der Waals surface area contributed by atoms with Crippen LogP contribution in [0.3, 0.4) is 0 Å². The molecule has 1 saturated carbocycles. The predicted octanol–water partition coefficient (Wildman–Crippen LogP) is 4.05. The Labute approximate surface area is 125 Å². The van der Waals surface area contributed by atoms with Gasteiger partial charge in [-0.25, -0.2) is 0 Å². The van der Waals surface area contributed by atoms with E-state index >= 15 is 0 Å². The van der Waals surface area contributed by atoms with Gasteiger partial charge in [-0.2, -0.15) is 0 Å². The molecule has 0 amide bonds. The highest BCUT2D eigenvalue weighted by atomic mass is 32.2. The summed E-state index contributed by atoms with van der Waals surface area (Å²) in [5.41, 5.74) is 6.33. The zero-order valence-corrected chi connectivity index (χ0v) is 13.7. The second-order valence-corrected chi connectivity index (χ2v) is 6.62. The lowest BCUT2D eigenvalue weighted by Crippen LogP contribution is -2.23. The van der Waals surface area contributed by atoms with Gasteiger partial charge in [-0.15, -0.1) is 11.8 Å². The quantitative estimate of drug-likeness (QED) is 0.609. The number of Topliss-reactive ketones (excluding diaryl/α,β-unsaturated/α-hetero) is 2. The zero-order chi connectivity index (χ0) is 15.0. The molecule has 0 heterocycles. The third-order valence-corrected chi connectivity index (χ3v) is 5.59. The third-order valence-electron chi connectivity index (χ3n) is 4.57. The first-order chi connectivity index (χ1) is 9.36. The van der Waals surface area contributed by atoms with Crippen LogP contribution in [-0.2, 0) is 9.59 Å². The molecule has 0 atom stereocenters. The molecule has 0 spiro atoms. The van der Waals surface area contributed by atoms with Crippen LogP contribution in [0.5, 0.6) is 0 Å². The minimum Gasteiger partial charge on any atom is -0.299 e. The SMILES string of the molecule is CSc1c(C)c(C)c(C2CC(=O)CC(=O)C2)c(C)c1C. The Morgan fingerprint density at radius 1 is 0.850 bits per heavy atom. The molecule has 0 radical (unpaired) electrons. The highest BCUT2D eigenvalue weighted by molar-refractivity contribution is 7.98. The van der Waals surface area contributed by atoms with Crippen LogP contribution in [0, 0.1) is 27.7 Å². The number of hydrogen-bond acceptors (Lipinski definition) is 3. The molecule has 1 fully saturated rings. The minimum atomic E-state index is 0.0806. The molecule has 0 saturated heterocycles. The van der Waals surface area contributed by atoms with Gasteiger partial charge in [0.1, 0.15) is 11.6 Å². The van der Waals surface area contributed by atoms with Crippen molar-refractivity contribution in [3.63, 3.8) is 0 Å². The summed E-state index contributed by atoms with van der Waals surface area (Å²) >= 11 is 1.77. The maximum atomic E-state index is 11.7. The number of ketones is 2. The highest BCUT2D eigenvalue weighted by Gasteiger charge is 2.30. The molecule has 0 aromatic heterocycles. The van der Waals surface area contributed by atoms with Crippen LogP contribution in [0.2, 0.25) is 0 Å². The fourth-order valence-electron chi connectivity index (χ4n) is 3.42. The van der Waals surface area contributed by atoms with Gasteiger partial charge in [0.2, 0.25) is 0 Å². The highest BCUT2D eigenvalue weighted by Crippen LogP contribution is 2.39. The molecular weight excluding hydrogens is 268 g/mol.